The van der Waals surface area contributed by atoms with Gasteiger partial charge in [-0.15, -0.1) is 0 Å². The second-order valence-corrected chi connectivity index (χ2v) is 19.8. The predicted octanol–water partition coefficient (Wildman–Crippen LogP) is 16.1. The van der Waals surface area contributed by atoms with E-state index < -0.39 is 57.8 Å². The van der Waals surface area contributed by atoms with Gasteiger partial charge >= 0.3 is 25.7 Å². The molecule has 0 aliphatic rings. The Labute approximate surface area is 427 Å². The molecule has 0 spiro atoms. The summed E-state index contributed by atoms with van der Waals surface area (Å²) in [5.41, 5.74) is 0. The number of ether oxygens (including phenoxy) is 3. The van der Waals surface area contributed by atoms with Gasteiger partial charge in [-0.3, -0.25) is 23.4 Å². The molecule has 0 aromatic rings. The molecular weight excluding hydrogens is 904 g/mol. The van der Waals surface area contributed by atoms with Crippen molar-refractivity contribution in [1.82, 2.24) is 0 Å². The summed E-state index contributed by atoms with van der Waals surface area (Å²) in [6.45, 7) is 4.44. The fourth-order valence-electron chi connectivity index (χ4n) is 7.38. The van der Waals surface area contributed by atoms with E-state index in [0.29, 0.717) is 19.3 Å². The Bertz CT molecular complexity index is 1450. The summed E-state index contributed by atoms with van der Waals surface area (Å²) < 4.78 is 39.4. The van der Waals surface area contributed by atoms with Crippen LogP contribution in [0.3, 0.4) is 0 Å². The lowest BCUT2D eigenvalue weighted by Gasteiger charge is -2.21. The van der Waals surface area contributed by atoms with Gasteiger partial charge in [0.2, 0.25) is 0 Å². The number of phosphoric ester groups is 1. The SMILES string of the molecule is CC/C=C\C/C=C\C/C=C\C/C=C\CCCCC(=O)OC(COC(=O)CCCCCCCCCCCCCCC)COP(=O)(O)OCC(CO)OC(=O)CCCCCCC/C=C\C/C=C\CCCCC. The standard InChI is InChI=1S/C58H101O11P/c1-4-7-10-13-16-19-22-25-27-30-33-36-39-42-45-48-57(61)68-54(50-59)52-66-70(63,64)67-53-55(51-65-56(60)47-44-41-38-35-32-29-24-21-18-15-12-9-6-3)69-58(62)49-46-43-40-37-34-31-28-26-23-20-17-14-11-8-5-2/h8,11,16-17,19-20,25-28,34,37,54-55,59H,4-7,9-10,12-15,18,21-24,29-33,35-36,38-53H2,1-3H3,(H,63,64)/b11-8-,19-16-,20-17-,27-25-,28-26-,37-34-. The molecule has 0 aromatic carbocycles. The molecule has 0 fully saturated rings. The highest BCUT2D eigenvalue weighted by atomic mass is 31.2. The number of esters is 3. The summed E-state index contributed by atoms with van der Waals surface area (Å²) in [6.07, 6.45) is 57.2. The Kier molecular flexibility index (Phi) is 50.0. The maximum absolute atomic E-state index is 12.9. The van der Waals surface area contributed by atoms with Crippen LogP contribution in [0.5, 0.6) is 0 Å². The summed E-state index contributed by atoms with van der Waals surface area (Å²) in [6, 6.07) is 0. The molecular formula is C58H101O11P. The van der Waals surface area contributed by atoms with Crippen molar-refractivity contribution in [1.29, 1.82) is 0 Å². The van der Waals surface area contributed by atoms with Crippen LogP contribution in [0.1, 0.15) is 239 Å². The summed E-state index contributed by atoms with van der Waals surface area (Å²) in [5.74, 6) is -1.53. The van der Waals surface area contributed by atoms with E-state index in [0.717, 1.165) is 103 Å². The minimum atomic E-state index is -4.76. The molecule has 2 N–H and O–H groups in total. The van der Waals surface area contributed by atoms with Gasteiger partial charge < -0.3 is 24.2 Å². The zero-order valence-electron chi connectivity index (χ0n) is 44.5. The van der Waals surface area contributed by atoms with E-state index in [1.165, 1.54) is 77.0 Å². The first-order chi connectivity index (χ1) is 34.2. The number of unbranched alkanes of at least 4 members (excludes halogenated alkanes) is 22. The Balaban J connectivity index is 4.78. The van der Waals surface area contributed by atoms with E-state index in [9.17, 15) is 28.9 Å². The highest BCUT2D eigenvalue weighted by Gasteiger charge is 2.28. The maximum Gasteiger partial charge on any atom is 0.472 e. The van der Waals surface area contributed by atoms with Gasteiger partial charge in [0.1, 0.15) is 12.7 Å². The molecule has 11 nitrogen and oxygen atoms in total. The van der Waals surface area contributed by atoms with E-state index in [2.05, 4.69) is 93.7 Å². The number of carbonyl (C=O) groups excluding carboxylic acids is 3. The second kappa shape index (κ2) is 52.2. The van der Waals surface area contributed by atoms with Gasteiger partial charge in [-0.1, -0.05) is 203 Å². The van der Waals surface area contributed by atoms with Gasteiger partial charge in [0.05, 0.1) is 19.8 Å². The van der Waals surface area contributed by atoms with Gasteiger partial charge in [-0.2, -0.15) is 0 Å². The van der Waals surface area contributed by atoms with Crippen LogP contribution in [0.2, 0.25) is 0 Å². The summed E-state index contributed by atoms with van der Waals surface area (Å²) in [4.78, 5) is 48.4. The molecule has 404 valence electrons. The fourth-order valence-corrected chi connectivity index (χ4v) is 8.16. The highest BCUT2D eigenvalue weighted by molar-refractivity contribution is 7.47. The Morgan fingerprint density at radius 1 is 0.414 bits per heavy atom. The summed E-state index contributed by atoms with van der Waals surface area (Å²) in [7, 11) is -4.76. The van der Waals surface area contributed by atoms with Crippen molar-refractivity contribution >= 4 is 25.7 Å². The molecule has 0 aliphatic heterocycles. The number of phosphoric acid groups is 1. The average Bonchev–Trinajstić information content (AvgIpc) is 3.35. The monoisotopic (exact) mass is 1000 g/mol. The molecule has 3 unspecified atom stereocenters. The van der Waals surface area contributed by atoms with Crippen molar-refractivity contribution in [2.24, 2.45) is 0 Å². The van der Waals surface area contributed by atoms with E-state index in [1.807, 2.05) is 0 Å². The second-order valence-electron chi connectivity index (χ2n) is 18.4. The third-order valence-corrected chi connectivity index (χ3v) is 12.6. The Morgan fingerprint density at radius 3 is 1.20 bits per heavy atom. The highest BCUT2D eigenvalue weighted by Crippen LogP contribution is 2.43. The molecule has 0 saturated carbocycles. The molecule has 0 radical (unpaired) electrons. The molecule has 12 heteroatoms. The molecule has 0 rings (SSSR count). The number of rotatable bonds is 51. The molecule has 0 aliphatic carbocycles. The Hall–Kier alpha value is -3.08. The van der Waals surface area contributed by atoms with Gasteiger partial charge in [-0.05, 0) is 89.9 Å². The normalized spacial score (nSPS) is 14.0. The Morgan fingerprint density at radius 2 is 0.743 bits per heavy atom. The predicted molar refractivity (Wildman–Crippen MR) is 288 cm³/mol. The first-order valence-electron chi connectivity index (χ1n) is 27.8. The van der Waals surface area contributed by atoms with Crippen molar-refractivity contribution in [3.63, 3.8) is 0 Å². The number of aliphatic hydroxyl groups is 1. The largest absolute Gasteiger partial charge is 0.472 e. The topological polar surface area (TPSA) is 155 Å². The molecule has 0 amide bonds. The average molecular weight is 1010 g/mol. The van der Waals surface area contributed by atoms with E-state index in [4.69, 9.17) is 23.3 Å². The van der Waals surface area contributed by atoms with Crippen molar-refractivity contribution in [2.45, 2.75) is 251 Å². The maximum atomic E-state index is 12.9. The number of hydrogen-bond acceptors (Lipinski definition) is 10. The van der Waals surface area contributed by atoms with Crippen LogP contribution in [0, 0.1) is 0 Å². The first kappa shape index (κ1) is 66.9. The molecule has 0 bridgehead atoms. The number of allylic oxidation sites excluding steroid dienone is 12. The van der Waals surface area contributed by atoms with Crippen molar-refractivity contribution in [3.8, 4) is 0 Å². The lowest BCUT2D eigenvalue weighted by molar-refractivity contribution is -0.161. The minimum Gasteiger partial charge on any atom is -0.462 e. The van der Waals surface area contributed by atoms with Gasteiger partial charge in [0.25, 0.3) is 0 Å². The summed E-state index contributed by atoms with van der Waals surface area (Å²) >= 11 is 0. The third kappa shape index (κ3) is 49.9. The zero-order valence-corrected chi connectivity index (χ0v) is 45.4. The van der Waals surface area contributed by atoms with Crippen LogP contribution in [0.25, 0.3) is 0 Å². The molecule has 0 aromatic heterocycles. The number of aliphatic hydroxyl groups excluding tert-OH is 1. The fraction of sp³-hybridized carbons (Fsp3) is 0.741. The first-order valence-corrected chi connectivity index (χ1v) is 29.3. The lowest BCUT2D eigenvalue weighted by Crippen LogP contribution is -2.30. The van der Waals surface area contributed by atoms with Crippen LogP contribution in [0.4, 0.5) is 0 Å². The van der Waals surface area contributed by atoms with Gasteiger partial charge in [0.15, 0.2) is 6.10 Å². The molecule has 3 atom stereocenters. The number of carbonyl (C=O) groups is 3. The third-order valence-electron chi connectivity index (χ3n) is 11.6. The van der Waals surface area contributed by atoms with Crippen LogP contribution in [-0.4, -0.2) is 66.5 Å². The smallest absolute Gasteiger partial charge is 0.462 e. The molecule has 70 heavy (non-hydrogen) atoms. The zero-order chi connectivity index (χ0) is 51.3. The molecule has 0 heterocycles. The summed E-state index contributed by atoms with van der Waals surface area (Å²) in [5, 5.41) is 9.80. The van der Waals surface area contributed by atoms with Gasteiger partial charge in [0, 0.05) is 19.3 Å². The lowest BCUT2D eigenvalue weighted by atomic mass is 10.0. The van der Waals surface area contributed by atoms with Crippen LogP contribution >= 0.6 is 7.82 Å². The van der Waals surface area contributed by atoms with Gasteiger partial charge in [-0.25, -0.2) is 4.57 Å². The van der Waals surface area contributed by atoms with Crippen molar-refractivity contribution in [2.75, 3.05) is 26.4 Å². The van der Waals surface area contributed by atoms with Crippen LogP contribution in [-0.2, 0) is 42.2 Å². The van der Waals surface area contributed by atoms with Crippen LogP contribution < -0.4 is 0 Å². The minimum absolute atomic E-state index is 0.114. The van der Waals surface area contributed by atoms with E-state index in [-0.39, 0.29) is 25.9 Å². The van der Waals surface area contributed by atoms with Crippen LogP contribution in [0.15, 0.2) is 72.9 Å². The van der Waals surface area contributed by atoms with E-state index >= 15 is 0 Å². The van der Waals surface area contributed by atoms with Crippen molar-refractivity contribution < 1.29 is 52.2 Å². The van der Waals surface area contributed by atoms with Crippen molar-refractivity contribution in [3.05, 3.63) is 72.9 Å². The van der Waals surface area contributed by atoms with E-state index in [1.54, 1.807) is 0 Å². The number of hydrogen-bond donors (Lipinski definition) is 2. The molecule has 0 saturated heterocycles. The quantitative estimate of drug-likeness (QED) is 0.0197.